The van der Waals surface area contributed by atoms with Crippen molar-refractivity contribution in [1.82, 2.24) is 0 Å². The fourth-order valence-corrected chi connectivity index (χ4v) is 0.664. The van der Waals surface area contributed by atoms with Crippen LogP contribution in [0.2, 0.25) is 0 Å². The molecule has 0 rings (SSSR count). The Morgan fingerprint density at radius 2 is 1.62 bits per heavy atom. The Hall–Kier alpha value is -0.800. The van der Waals surface area contributed by atoms with Crippen LogP contribution in [0.15, 0.2) is 23.6 Å². The Morgan fingerprint density at radius 1 is 1.15 bits per heavy atom. The lowest BCUT2D eigenvalue weighted by atomic mass is 10.1. The summed E-state index contributed by atoms with van der Waals surface area (Å²) in [4.78, 5) is 0. The minimum atomic E-state index is -4.56. The van der Waals surface area contributed by atoms with E-state index in [1.807, 2.05) is 0 Å². The number of rotatable bonds is 3. The first-order chi connectivity index (χ1) is 5.75. The van der Waals surface area contributed by atoms with Crippen molar-refractivity contribution in [1.29, 1.82) is 0 Å². The van der Waals surface area contributed by atoms with Crippen molar-refractivity contribution in [2.24, 2.45) is 0 Å². The van der Waals surface area contributed by atoms with Crippen LogP contribution in [0.4, 0.5) is 17.6 Å². The lowest BCUT2D eigenvalue weighted by molar-refractivity contribution is -0.0934. The molecule has 0 bridgehead atoms. The summed E-state index contributed by atoms with van der Waals surface area (Å²) in [6, 6.07) is 0. The molecule has 0 heterocycles. The maximum absolute atomic E-state index is 12.8. The topological polar surface area (TPSA) is 0 Å². The number of halogens is 4. The van der Waals surface area contributed by atoms with Gasteiger partial charge in [0.15, 0.2) is 0 Å². The highest BCUT2D eigenvalue weighted by atomic mass is 19.4. The van der Waals surface area contributed by atoms with Gasteiger partial charge in [-0.1, -0.05) is 5.57 Å². The van der Waals surface area contributed by atoms with Crippen molar-refractivity contribution in [3.8, 4) is 0 Å². The minimum Gasteiger partial charge on any atom is -0.212 e. The van der Waals surface area contributed by atoms with E-state index in [0.29, 0.717) is 5.57 Å². The molecule has 13 heavy (non-hydrogen) atoms. The van der Waals surface area contributed by atoms with Gasteiger partial charge in [0.25, 0.3) is 0 Å². The van der Waals surface area contributed by atoms with Gasteiger partial charge in [-0.15, -0.1) is 6.58 Å². The molecule has 0 aliphatic heterocycles. The molecular weight excluding hydrogens is 184 g/mol. The Bertz CT molecular complexity index is 222. The van der Waals surface area contributed by atoms with Crippen molar-refractivity contribution in [2.75, 3.05) is 0 Å². The zero-order chi connectivity index (χ0) is 10.6. The molecule has 4 heteroatoms. The van der Waals surface area contributed by atoms with Crippen LogP contribution < -0.4 is 0 Å². The van der Waals surface area contributed by atoms with Gasteiger partial charge in [-0.05, 0) is 20.3 Å². The molecule has 0 fully saturated rings. The van der Waals surface area contributed by atoms with Gasteiger partial charge in [0, 0.05) is 6.42 Å². The monoisotopic (exact) mass is 196 g/mol. The van der Waals surface area contributed by atoms with Gasteiger partial charge in [0.1, 0.15) is 5.83 Å². The minimum absolute atomic E-state index is 0.222. The molecule has 0 aliphatic rings. The lowest BCUT2D eigenvalue weighted by Gasteiger charge is -2.08. The number of hydrogen-bond donors (Lipinski definition) is 0. The molecule has 0 N–H and O–H groups in total. The van der Waals surface area contributed by atoms with Crippen LogP contribution in [-0.4, -0.2) is 6.18 Å². The Morgan fingerprint density at radius 3 is 1.92 bits per heavy atom. The van der Waals surface area contributed by atoms with Crippen molar-refractivity contribution < 1.29 is 17.6 Å². The van der Waals surface area contributed by atoms with Crippen molar-refractivity contribution >= 4 is 0 Å². The van der Waals surface area contributed by atoms with Gasteiger partial charge in [-0.25, -0.2) is 4.39 Å². The largest absolute Gasteiger partial charge is 0.414 e. The third-order valence-corrected chi connectivity index (χ3v) is 1.60. The fourth-order valence-electron chi connectivity index (χ4n) is 0.664. The molecule has 0 saturated carbocycles. The predicted octanol–water partition coefficient (Wildman–Crippen LogP) is 4.15. The van der Waals surface area contributed by atoms with E-state index in [2.05, 4.69) is 6.58 Å². The Kier molecular flexibility index (Phi) is 4.17. The van der Waals surface area contributed by atoms with Crippen LogP contribution in [-0.2, 0) is 0 Å². The predicted molar refractivity (Wildman–Crippen MR) is 43.9 cm³/mol. The molecule has 0 aliphatic carbocycles. The molecule has 0 radical (unpaired) electrons. The molecule has 0 nitrogen and oxygen atoms in total. The quantitative estimate of drug-likeness (QED) is 0.470. The summed E-state index contributed by atoms with van der Waals surface area (Å²) in [5.74, 6) is -1.10. The summed E-state index contributed by atoms with van der Waals surface area (Å²) in [7, 11) is 0. The molecule has 0 amide bonds. The summed E-state index contributed by atoms with van der Waals surface area (Å²) in [6.45, 7) is 5.87. The van der Waals surface area contributed by atoms with Gasteiger partial charge >= 0.3 is 6.18 Å². The fraction of sp³-hybridized carbons (Fsp3) is 0.556. The third kappa shape index (κ3) is 4.70. The van der Waals surface area contributed by atoms with E-state index in [1.165, 1.54) is 0 Å². The maximum Gasteiger partial charge on any atom is 0.414 e. The molecular formula is C9H12F4. The smallest absolute Gasteiger partial charge is 0.212 e. The van der Waals surface area contributed by atoms with Crippen LogP contribution in [0.1, 0.15) is 26.7 Å². The van der Waals surface area contributed by atoms with Crippen LogP contribution in [0, 0.1) is 0 Å². The first-order valence-electron chi connectivity index (χ1n) is 3.82. The van der Waals surface area contributed by atoms with Gasteiger partial charge in [-0.2, -0.15) is 13.2 Å². The van der Waals surface area contributed by atoms with Crippen LogP contribution in [0.3, 0.4) is 0 Å². The molecule has 0 spiro atoms. The third-order valence-electron chi connectivity index (χ3n) is 1.60. The van der Waals surface area contributed by atoms with Crippen LogP contribution in [0.5, 0.6) is 0 Å². The summed E-state index contributed by atoms with van der Waals surface area (Å²) in [5.41, 5.74) is -0.473. The number of alkyl halides is 3. The van der Waals surface area contributed by atoms with E-state index in [9.17, 15) is 17.6 Å². The molecule has 0 unspecified atom stereocenters. The highest BCUT2D eigenvalue weighted by molar-refractivity contribution is 5.12. The van der Waals surface area contributed by atoms with Crippen molar-refractivity contribution in [3.63, 3.8) is 0 Å². The molecule has 0 aromatic heterocycles. The Balaban J connectivity index is 4.37. The first-order valence-corrected chi connectivity index (χ1v) is 3.82. The second-order valence-electron chi connectivity index (χ2n) is 2.98. The number of hydrogen-bond acceptors (Lipinski definition) is 0. The maximum atomic E-state index is 12.8. The van der Waals surface area contributed by atoms with Gasteiger partial charge in [-0.3, -0.25) is 0 Å². The summed E-state index contributed by atoms with van der Waals surface area (Å²) in [5, 5.41) is 0. The molecule has 0 aromatic carbocycles. The van der Waals surface area contributed by atoms with E-state index >= 15 is 0 Å². The second kappa shape index (κ2) is 4.44. The van der Waals surface area contributed by atoms with E-state index in [0.717, 1.165) is 6.92 Å². The average molecular weight is 196 g/mol. The average Bonchev–Trinajstić information content (AvgIpc) is 1.96. The van der Waals surface area contributed by atoms with Crippen molar-refractivity contribution in [2.45, 2.75) is 32.9 Å². The Labute approximate surface area is 74.9 Å². The zero-order valence-electron chi connectivity index (χ0n) is 7.63. The van der Waals surface area contributed by atoms with E-state index in [-0.39, 0.29) is 12.8 Å². The second-order valence-corrected chi connectivity index (χ2v) is 2.98. The molecule has 0 saturated heterocycles. The summed E-state index contributed by atoms with van der Waals surface area (Å²) < 4.78 is 48.5. The van der Waals surface area contributed by atoms with E-state index in [1.54, 1.807) is 6.92 Å². The number of allylic oxidation sites excluding steroid dienone is 3. The van der Waals surface area contributed by atoms with Crippen molar-refractivity contribution in [3.05, 3.63) is 23.6 Å². The standard InChI is InChI=1S/C9H12F4/c1-6(2)4-5-8(10)7(3)9(11,12)13/h1,4-5H2,2-3H3/b8-7-. The van der Waals surface area contributed by atoms with Gasteiger partial charge in [0.2, 0.25) is 0 Å². The lowest BCUT2D eigenvalue weighted by Crippen LogP contribution is -2.10. The first kappa shape index (κ1) is 12.2. The summed E-state index contributed by atoms with van der Waals surface area (Å²) >= 11 is 0. The SMILES string of the molecule is C=C(C)CC/C(F)=C(\C)C(F)(F)F. The highest BCUT2D eigenvalue weighted by Crippen LogP contribution is 2.30. The normalized spacial score (nSPS) is 14.0. The van der Waals surface area contributed by atoms with Crippen LogP contribution in [0.25, 0.3) is 0 Å². The highest BCUT2D eigenvalue weighted by Gasteiger charge is 2.32. The van der Waals surface area contributed by atoms with E-state index in [4.69, 9.17) is 0 Å². The molecule has 76 valence electrons. The zero-order valence-corrected chi connectivity index (χ0v) is 7.63. The molecule has 0 atom stereocenters. The van der Waals surface area contributed by atoms with Gasteiger partial charge < -0.3 is 0 Å². The summed E-state index contributed by atoms with van der Waals surface area (Å²) in [6.07, 6.45) is -4.53. The van der Waals surface area contributed by atoms with E-state index < -0.39 is 17.6 Å². The van der Waals surface area contributed by atoms with Crippen LogP contribution >= 0.6 is 0 Å². The van der Waals surface area contributed by atoms with Gasteiger partial charge in [0.05, 0.1) is 5.57 Å². The molecule has 0 aromatic rings.